The third-order valence-corrected chi connectivity index (χ3v) is 3.16. The van der Waals surface area contributed by atoms with Gasteiger partial charge in [0.25, 0.3) is 0 Å². The Morgan fingerprint density at radius 3 is 2.94 bits per heavy atom. The van der Waals surface area contributed by atoms with Crippen LogP contribution in [0.2, 0.25) is 0 Å². The molecule has 1 N–H and O–H groups in total. The maximum atomic E-state index is 5.16. The van der Waals surface area contributed by atoms with Crippen LogP contribution in [-0.2, 0) is 6.54 Å². The summed E-state index contributed by atoms with van der Waals surface area (Å²) in [5.74, 6) is 0.846. The summed E-state index contributed by atoms with van der Waals surface area (Å²) in [5.41, 5.74) is 1.24. The number of hydrogen-bond donors (Lipinski definition) is 1. The minimum atomic E-state index is 0.265. The van der Waals surface area contributed by atoms with Crippen LogP contribution < -0.4 is 5.32 Å². The van der Waals surface area contributed by atoms with Gasteiger partial charge in [-0.05, 0) is 18.6 Å². The summed E-state index contributed by atoms with van der Waals surface area (Å²) in [5, 5.41) is 3.38. The van der Waals surface area contributed by atoms with Crippen molar-refractivity contribution in [3.8, 4) is 0 Å². The monoisotopic (exact) mass is 280 g/mol. The van der Waals surface area contributed by atoms with Crippen LogP contribution in [0.25, 0.3) is 0 Å². The molecule has 1 heterocycles. The lowest BCUT2D eigenvalue weighted by molar-refractivity contribution is 0.457. The molecule has 3 nitrogen and oxygen atoms in total. The lowest BCUT2D eigenvalue weighted by Crippen LogP contribution is -2.18. The Kier molecular flexibility index (Phi) is 3.74. The number of aromatic nitrogens is 1. The van der Waals surface area contributed by atoms with Gasteiger partial charge in [0.05, 0.1) is 12.7 Å². The predicted molar refractivity (Wildman–Crippen MR) is 65.9 cm³/mol. The van der Waals surface area contributed by atoms with Crippen LogP contribution in [-0.4, -0.2) is 4.98 Å². The van der Waals surface area contributed by atoms with E-state index in [2.05, 4.69) is 39.2 Å². The van der Waals surface area contributed by atoms with Crippen molar-refractivity contribution in [2.24, 2.45) is 0 Å². The Balaban J connectivity index is 1.98. The fourth-order valence-corrected chi connectivity index (χ4v) is 2.15. The molecule has 0 aliphatic rings. The van der Waals surface area contributed by atoms with Gasteiger partial charge in [0.2, 0.25) is 0 Å². The number of nitrogens with one attached hydrogen (secondary N) is 1. The van der Waals surface area contributed by atoms with Gasteiger partial charge in [0.1, 0.15) is 5.76 Å². The average Bonchev–Trinajstić information content (AvgIpc) is 2.79. The lowest BCUT2D eigenvalue weighted by atomic mass is 10.1. The standard InChI is InChI=1S/C12H13BrN2O/c1-9(11-4-2-3-5-12(11)13)15-7-10-6-14-8-16-10/h2-6,8-9,15H,7H2,1H3/t9-/m0/s1. The first-order valence-electron chi connectivity index (χ1n) is 5.12. The van der Waals surface area contributed by atoms with Gasteiger partial charge >= 0.3 is 0 Å². The molecule has 0 fully saturated rings. The Hall–Kier alpha value is -1.13. The Bertz CT molecular complexity index is 442. The molecule has 16 heavy (non-hydrogen) atoms. The van der Waals surface area contributed by atoms with Gasteiger partial charge in [-0.15, -0.1) is 0 Å². The summed E-state index contributed by atoms with van der Waals surface area (Å²) in [6, 6.07) is 8.45. The van der Waals surface area contributed by atoms with E-state index in [4.69, 9.17) is 4.42 Å². The van der Waals surface area contributed by atoms with Gasteiger partial charge in [-0.25, -0.2) is 4.98 Å². The normalized spacial score (nSPS) is 12.6. The summed E-state index contributed by atoms with van der Waals surface area (Å²) in [6.45, 7) is 2.80. The van der Waals surface area contributed by atoms with E-state index in [9.17, 15) is 0 Å². The molecule has 0 unspecified atom stereocenters. The molecule has 4 heteroatoms. The molecule has 0 bridgehead atoms. The molecule has 2 rings (SSSR count). The van der Waals surface area contributed by atoms with E-state index in [1.807, 2.05) is 18.2 Å². The largest absolute Gasteiger partial charge is 0.447 e. The van der Waals surface area contributed by atoms with Gasteiger partial charge in [-0.2, -0.15) is 0 Å². The van der Waals surface area contributed by atoms with Gasteiger partial charge in [-0.1, -0.05) is 34.1 Å². The molecule has 0 saturated carbocycles. The van der Waals surface area contributed by atoms with Gasteiger partial charge < -0.3 is 9.73 Å². The molecule has 0 radical (unpaired) electrons. The Morgan fingerprint density at radius 2 is 2.25 bits per heavy atom. The third-order valence-electron chi connectivity index (χ3n) is 2.44. The molecule has 1 aromatic carbocycles. The number of oxazole rings is 1. The van der Waals surface area contributed by atoms with Gasteiger partial charge in [-0.3, -0.25) is 0 Å². The summed E-state index contributed by atoms with van der Waals surface area (Å²) in [6.07, 6.45) is 3.17. The van der Waals surface area contributed by atoms with Crippen molar-refractivity contribution in [1.29, 1.82) is 0 Å². The molecular weight excluding hydrogens is 268 g/mol. The SMILES string of the molecule is C[C@H](NCc1cnco1)c1ccccc1Br. The predicted octanol–water partition coefficient (Wildman–Crippen LogP) is 3.29. The fraction of sp³-hybridized carbons (Fsp3) is 0.250. The first kappa shape index (κ1) is 11.4. The maximum absolute atomic E-state index is 5.16. The van der Waals surface area contributed by atoms with Crippen molar-refractivity contribution in [3.63, 3.8) is 0 Å². The second kappa shape index (κ2) is 5.27. The van der Waals surface area contributed by atoms with E-state index in [0.29, 0.717) is 6.54 Å². The van der Waals surface area contributed by atoms with Crippen LogP contribution in [0, 0.1) is 0 Å². The van der Waals surface area contributed by atoms with E-state index in [1.54, 1.807) is 6.20 Å². The van der Waals surface area contributed by atoms with Crippen LogP contribution in [0.5, 0.6) is 0 Å². The molecule has 2 aromatic rings. The van der Waals surface area contributed by atoms with E-state index in [1.165, 1.54) is 12.0 Å². The Labute approximate surface area is 103 Å². The van der Waals surface area contributed by atoms with Crippen molar-refractivity contribution in [2.75, 3.05) is 0 Å². The quantitative estimate of drug-likeness (QED) is 0.934. The van der Waals surface area contributed by atoms with E-state index in [-0.39, 0.29) is 6.04 Å². The molecule has 0 aliphatic heterocycles. The molecule has 0 amide bonds. The van der Waals surface area contributed by atoms with Crippen molar-refractivity contribution in [2.45, 2.75) is 19.5 Å². The minimum Gasteiger partial charge on any atom is -0.447 e. The molecule has 1 aromatic heterocycles. The zero-order valence-electron chi connectivity index (χ0n) is 8.98. The summed E-state index contributed by atoms with van der Waals surface area (Å²) >= 11 is 3.54. The fourth-order valence-electron chi connectivity index (χ4n) is 1.52. The molecular formula is C12H13BrN2O. The second-order valence-corrected chi connectivity index (χ2v) is 4.45. The third kappa shape index (κ3) is 2.71. The van der Waals surface area contributed by atoms with Crippen molar-refractivity contribution in [3.05, 3.63) is 52.7 Å². The number of benzene rings is 1. The number of halogens is 1. The maximum Gasteiger partial charge on any atom is 0.180 e. The number of rotatable bonds is 4. The zero-order chi connectivity index (χ0) is 11.4. The molecule has 0 aliphatic carbocycles. The molecule has 84 valence electrons. The first-order valence-corrected chi connectivity index (χ1v) is 5.92. The highest BCUT2D eigenvalue weighted by Crippen LogP contribution is 2.22. The zero-order valence-corrected chi connectivity index (χ0v) is 10.6. The highest BCUT2D eigenvalue weighted by Gasteiger charge is 2.08. The van der Waals surface area contributed by atoms with Crippen molar-refractivity contribution < 1.29 is 4.42 Å². The Morgan fingerprint density at radius 1 is 1.44 bits per heavy atom. The molecule has 1 atom stereocenters. The number of hydrogen-bond acceptors (Lipinski definition) is 3. The lowest BCUT2D eigenvalue weighted by Gasteiger charge is -2.14. The van der Waals surface area contributed by atoms with Crippen LogP contribution in [0.4, 0.5) is 0 Å². The minimum absolute atomic E-state index is 0.265. The van der Waals surface area contributed by atoms with Crippen molar-refractivity contribution in [1.82, 2.24) is 10.3 Å². The highest BCUT2D eigenvalue weighted by atomic mass is 79.9. The molecule has 0 saturated heterocycles. The van der Waals surface area contributed by atoms with Crippen LogP contribution in [0.1, 0.15) is 24.3 Å². The second-order valence-electron chi connectivity index (χ2n) is 3.59. The van der Waals surface area contributed by atoms with E-state index < -0.39 is 0 Å². The van der Waals surface area contributed by atoms with E-state index >= 15 is 0 Å². The summed E-state index contributed by atoms with van der Waals surface area (Å²) in [7, 11) is 0. The smallest absolute Gasteiger partial charge is 0.180 e. The van der Waals surface area contributed by atoms with Crippen LogP contribution in [0.3, 0.4) is 0 Å². The van der Waals surface area contributed by atoms with Crippen LogP contribution >= 0.6 is 15.9 Å². The van der Waals surface area contributed by atoms with Crippen molar-refractivity contribution >= 4 is 15.9 Å². The highest BCUT2D eigenvalue weighted by molar-refractivity contribution is 9.10. The topological polar surface area (TPSA) is 38.1 Å². The van der Waals surface area contributed by atoms with Gasteiger partial charge in [0, 0.05) is 10.5 Å². The molecule has 0 spiro atoms. The average molecular weight is 281 g/mol. The number of nitrogens with zero attached hydrogens (tertiary/aromatic N) is 1. The van der Waals surface area contributed by atoms with Gasteiger partial charge in [0.15, 0.2) is 6.39 Å². The van der Waals surface area contributed by atoms with E-state index in [0.717, 1.165) is 10.2 Å². The summed E-state index contributed by atoms with van der Waals surface area (Å²) < 4.78 is 6.28. The van der Waals surface area contributed by atoms with Crippen LogP contribution in [0.15, 0.2) is 45.7 Å². The summed E-state index contributed by atoms with van der Waals surface area (Å²) in [4.78, 5) is 3.87. The first-order chi connectivity index (χ1) is 7.77.